The van der Waals surface area contributed by atoms with Crippen molar-refractivity contribution in [3.63, 3.8) is 0 Å². The fraction of sp³-hybridized carbons (Fsp3) is 0.450. The summed E-state index contributed by atoms with van der Waals surface area (Å²) in [5.74, 6) is -3.13. The Bertz CT molecular complexity index is 676. The minimum atomic E-state index is -2.89. The number of nitrogens with two attached hydrogens (primary N) is 1. The summed E-state index contributed by atoms with van der Waals surface area (Å²) in [6, 6.07) is 9.26. The molecule has 1 fully saturated rings. The minimum absolute atomic E-state index is 0. The summed E-state index contributed by atoms with van der Waals surface area (Å²) in [6.07, 6.45) is 4.58. The number of piperazine rings is 1. The van der Waals surface area contributed by atoms with E-state index in [1.807, 2.05) is 30.3 Å². The van der Waals surface area contributed by atoms with Gasteiger partial charge < -0.3 is 15.4 Å². The lowest BCUT2D eigenvalue weighted by Gasteiger charge is -2.34. The van der Waals surface area contributed by atoms with E-state index < -0.39 is 5.92 Å². The molecule has 0 saturated carbocycles. The van der Waals surface area contributed by atoms with E-state index >= 15 is 0 Å². The number of carbonyl (C=O) groups is 1. The van der Waals surface area contributed by atoms with Gasteiger partial charge in [0.25, 0.3) is 5.92 Å². The van der Waals surface area contributed by atoms with E-state index in [1.165, 1.54) is 12.2 Å². The van der Waals surface area contributed by atoms with Crippen LogP contribution in [0.1, 0.15) is 11.7 Å². The predicted octanol–water partition coefficient (Wildman–Crippen LogP) is 3.24. The number of ether oxygens (including phenoxy) is 1. The van der Waals surface area contributed by atoms with Crippen LogP contribution in [0.5, 0.6) is 0 Å². The number of hydrogen-bond donors (Lipinski definition) is 1. The van der Waals surface area contributed by atoms with Crippen molar-refractivity contribution in [2.24, 2.45) is 11.7 Å². The molecular formula is C20H26ClF2N3O2. The highest BCUT2D eigenvalue weighted by atomic mass is 35.5. The SMILES string of the molecule is Cl.NC(=O)N1CCN(CCOC(c2ccccc2)C2C=CC(F)(F)C=C2)CC1. The topological polar surface area (TPSA) is 58.8 Å². The Hall–Kier alpha value is -1.96. The molecule has 1 aromatic rings. The summed E-state index contributed by atoms with van der Waals surface area (Å²) in [6.45, 7) is 3.91. The van der Waals surface area contributed by atoms with Gasteiger partial charge in [-0.1, -0.05) is 42.5 Å². The van der Waals surface area contributed by atoms with Crippen LogP contribution < -0.4 is 5.73 Å². The summed E-state index contributed by atoms with van der Waals surface area (Å²) >= 11 is 0. The standard InChI is InChI=1S/C20H25F2N3O2.ClH/c21-20(22)8-6-17(7-9-20)18(16-4-2-1-3-5-16)27-15-14-24-10-12-25(13-11-24)19(23)26;/h1-9,17-18H,10-15H2,(H2,23,26);1H. The molecule has 2 aliphatic rings. The summed E-state index contributed by atoms with van der Waals surface area (Å²) in [7, 11) is 0. The largest absolute Gasteiger partial charge is 0.371 e. The Morgan fingerprint density at radius 1 is 1.14 bits per heavy atom. The molecule has 0 spiro atoms. The fourth-order valence-corrected chi connectivity index (χ4v) is 3.37. The maximum absolute atomic E-state index is 13.4. The first kappa shape index (κ1) is 22.3. The minimum Gasteiger partial charge on any atom is -0.371 e. The van der Waals surface area contributed by atoms with E-state index in [1.54, 1.807) is 4.90 Å². The van der Waals surface area contributed by atoms with Crippen LogP contribution in [0.3, 0.4) is 0 Å². The molecule has 5 nitrogen and oxygen atoms in total. The third-order valence-corrected chi connectivity index (χ3v) is 4.95. The lowest BCUT2D eigenvalue weighted by Crippen LogP contribution is -2.51. The van der Waals surface area contributed by atoms with Gasteiger partial charge in [0.2, 0.25) is 0 Å². The maximum atomic E-state index is 13.4. The zero-order valence-corrected chi connectivity index (χ0v) is 16.4. The average molecular weight is 414 g/mol. The molecule has 2 amide bonds. The zero-order chi connectivity index (χ0) is 19.3. The molecule has 1 aliphatic heterocycles. The molecule has 28 heavy (non-hydrogen) atoms. The monoisotopic (exact) mass is 413 g/mol. The van der Waals surface area contributed by atoms with Gasteiger partial charge in [0.05, 0.1) is 12.7 Å². The Kier molecular flexibility index (Phi) is 7.98. The van der Waals surface area contributed by atoms with Crippen LogP contribution in [0.25, 0.3) is 0 Å². The number of allylic oxidation sites excluding steroid dienone is 2. The highest BCUT2D eigenvalue weighted by molar-refractivity contribution is 5.85. The summed E-state index contributed by atoms with van der Waals surface area (Å²) in [4.78, 5) is 15.0. The lowest BCUT2D eigenvalue weighted by atomic mass is 9.91. The lowest BCUT2D eigenvalue weighted by molar-refractivity contribution is 0.0139. The molecule has 1 unspecified atom stereocenters. The van der Waals surface area contributed by atoms with Gasteiger partial charge in [-0.05, 0) is 17.7 Å². The van der Waals surface area contributed by atoms with Gasteiger partial charge in [-0.15, -0.1) is 12.4 Å². The first-order valence-corrected chi connectivity index (χ1v) is 9.14. The van der Waals surface area contributed by atoms with Crippen molar-refractivity contribution in [2.45, 2.75) is 12.0 Å². The average Bonchev–Trinajstić information content (AvgIpc) is 2.67. The van der Waals surface area contributed by atoms with E-state index in [0.29, 0.717) is 26.2 Å². The van der Waals surface area contributed by atoms with Crippen LogP contribution in [0, 0.1) is 5.92 Å². The number of primary amides is 1. The smallest absolute Gasteiger partial charge is 0.314 e. The van der Waals surface area contributed by atoms with Crippen molar-refractivity contribution in [3.05, 3.63) is 60.2 Å². The van der Waals surface area contributed by atoms with Gasteiger partial charge in [0.15, 0.2) is 0 Å². The van der Waals surface area contributed by atoms with Crippen molar-refractivity contribution in [3.8, 4) is 0 Å². The quantitative estimate of drug-likeness (QED) is 0.728. The van der Waals surface area contributed by atoms with Gasteiger partial charge in [0.1, 0.15) is 0 Å². The van der Waals surface area contributed by atoms with Crippen molar-refractivity contribution < 1.29 is 18.3 Å². The van der Waals surface area contributed by atoms with Gasteiger partial charge in [-0.2, -0.15) is 8.78 Å². The number of benzene rings is 1. The summed E-state index contributed by atoms with van der Waals surface area (Å²) < 4.78 is 32.9. The van der Waals surface area contributed by atoms with Gasteiger partial charge in [-0.3, -0.25) is 4.90 Å². The van der Waals surface area contributed by atoms with Crippen LogP contribution in [0.4, 0.5) is 13.6 Å². The molecule has 1 atom stereocenters. The molecule has 1 saturated heterocycles. The Morgan fingerprint density at radius 2 is 1.75 bits per heavy atom. The predicted molar refractivity (Wildman–Crippen MR) is 107 cm³/mol. The Labute approximate surface area is 170 Å². The second kappa shape index (κ2) is 10.0. The number of urea groups is 1. The molecule has 1 heterocycles. The Morgan fingerprint density at radius 3 is 2.32 bits per heavy atom. The number of carbonyl (C=O) groups excluding carboxylic acids is 1. The highest BCUT2D eigenvalue weighted by Crippen LogP contribution is 2.33. The van der Waals surface area contributed by atoms with E-state index in [0.717, 1.165) is 30.8 Å². The van der Waals surface area contributed by atoms with E-state index in [9.17, 15) is 13.6 Å². The van der Waals surface area contributed by atoms with Gasteiger partial charge in [0, 0.05) is 38.6 Å². The van der Waals surface area contributed by atoms with Crippen molar-refractivity contribution in [1.29, 1.82) is 0 Å². The second-order valence-corrected chi connectivity index (χ2v) is 6.84. The fourth-order valence-electron chi connectivity index (χ4n) is 3.37. The van der Waals surface area contributed by atoms with E-state index in [2.05, 4.69) is 4.90 Å². The maximum Gasteiger partial charge on any atom is 0.314 e. The van der Waals surface area contributed by atoms with E-state index in [-0.39, 0.29) is 30.5 Å². The number of amides is 2. The first-order valence-electron chi connectivity index (χ1n) is 9.14. The highest BCUT2D eigenvalue weighted by Gasteiger charge is 2.29. The molecule has 1 aliphatic carbocycles. The molecule has 3 rings (SSSR count). The molecule has 2 N–H and O–H groups in total. The third kappa shape index (κ3) is 6.02. The van der Waals surface area contributed by atoms with Crippen LogP contribution in [0.15, 0.2) is 54.6 Å². The number of hydrogen-bond acceptors (Lipinski definition) is 3. The zero-order valence-electron chi connectivity index (χ0n) is 15.5. The second-order valence-electron chi connectivity index (χ2n) is 6.84. The van der Waals surface area contributed by atoms with Crippen LogP contribution in [-0.2, 0) is 4.74 Å². The first-order chi connectivity index (χ1) is 12.9. The van der Waals surface area contributed by atoms with Crippen molar-refractivity contribution >= 4 is 18.4 Å². The number of nitrogens with zero attached hydrogens (tertiary/aromatic N) is 2. The number of halogens is 3. The van der Waals surface area contributed by atoms with Gasteiger partial charge in [-0.25, -0.2) is 4.79 Å². The van der Waals surface area contributed by atoms with E-state index in [4.69, 9.17) is 10.5 Å². The van der Waals surface area contributed by atoms with Crippen LogP contribution in [-0.4, -0.2) is 61.1 Å². The Balaban J connectivity index is 0.00000280. The normalized spacial score (nSPS) is 20.6. The molecule has 0 radical (unpaired) electrons. The molecular weight excluding hydrogens is 388 g/mol. The molecule has 0 bridgehead atoms. The molecule has 154 valence electrons. The van der Waals surface area contributed by atoms with Crippen molar-refractivity contribution in [1.82, 2.24) is 9.80 Å². The molecule has 8 heteroatoms. The third-order valence-electron chi connectivity index (χ3n) is 4.95. The summed E-state index contributed by atoms with van der Waals surface area (Å²) in [5.41, 5.74) is 6.25. The van der Waals surface area contributed by atoms with Crippen LogP contribution >= 0.6 is 12.4 Å². The molecule has 1 aromatic carbocycles. The van der Waals surface area contributed by atoms with Crippen LogP contribution in [0.2, 0.25) is 0 Å². The van der Waals surface area contributed by atoms with Crippen molar-refractivity contribution in [2.75, 3.05) is 39.3 Å². The van der Waals surface area contributed by atoms with Gasteiger partial charge >= 0.3 is 6.03 Å². The number of rotatable bonds is 6. The molecule has 0 aromatic heterocycles. The number of alkyl halides is 2. The summed E-state index contributed by atoms with van der Waals surface area (Å²) in [5, 5.41) is 0.